The molecule has 23 heavy (non-hydrogen) atoms. The Bertz CT molecular complexity index is 613. The van der Waals surface area contributed by atoms with Gasteiger partial charge in [0.05, 0.1) is 18.8 Å². The molecule has 1 aromatic carbocycles. The van der Waals surface area contributed by atoms with Crippen LogP contribution in [0, 0.1) is 0 Å². The number of benzene rings is 1. The molecule has 2 amide bonds. The molecule has 0 saturated carbocycles. The van der Waals surface area contributed by atoms with E-state index in [0.717, 1.165) is 0 Å². The van der Waals surface area contributed by atoms with Gasteiger partial charge in [0.2, 0.25) is 0 Å². The summed E-state index contributed by atoms with van der Waals surface area (Å²) in [7, 11) is 0. The van der Waals surface area contributed by atoms with E-state index < -0.39 is 17.8 Å². The van der Waals surface area contributed by atoms with Crippen molar-refractivity contribution in [2.75, 3.05) is 13.2 Å². The number of nitrogens with one attached hydrogen (secondary N) is 2. The van der Waals surface area contributed by atoms with Gasteiger partial charge in [-0.1, -0.05) is 6.92 Å². The maximum Gasteiger partial charge on any atom is 0.329 e. The molecule has 8 nitrogen and oxygen atoms in total. The van der Waals surface area contributed by atoms with Crippen molar-refractivity contribution < 1.29 is 24.2 Å². The van der Waals surface area contributed by atoms with Crippen LogP contribution < -0.4 is 20.6 Å². The summed E-state index contributed by atoms with van der Waals surface area (Å²) in [5, 5.41) is 16.9. The zero-order valence-corrected chi connectivity index (χ0v) is 12.9. The number of carbonyl (C=O) groups is 3. The maximum absolute atomic E-state index is 11.5. The second-order valence-electron chi connectivity index (χ2n) is 4.43. The summed E-state index contributed by atoms with van der Waals surface area (Å²) in [6, 6.07) is 4.10. The molecule has 0 aliphatic heterocycles. The quantitative estimate of drug-likeness (QED) is 0.396. The average Bonchev–Trinajstić information content (AvgIpc) is 2.53. The number of rotatable bonds is 7. The SMILES string of the molecule is CCCNC(=O)C(=O)N/N=C\c1cc(C(=O)[O-])ccc1OCC. The summed E-state index contributed by atoms with van der Waals surface area (Å²) < 4.78 is 5.33. The molecular formula is C15H18N3O5-. The average molecular weight is 320 g/mol. The fourth-order valence-electron chi connectivity index (χ4n) is 1.59. The Morgan fingerprint density at radius 3 is 2.61 bits per heavy atom. The van der Waals surface area contributed by atoms with E-state index in [1.807, 2.05) is 6.92 Å². The summed E-state index contributed by atoms with van der Waals surface area (Å²) in [6.45, 7) is 4.39. The molecule has 0 heterocycles. The van der Waals surface area contributed by atoms with Crippen molar-refractivity contribution in [2.45, 2.75) is 20.3 Å². The number of carboxylic acids is 1. The number of carboxylic acid groups (broad SMARTS) is 1. The minimum absolute atomic E-state index is 0.0538. The lowest BCUT2D eigenvalue weighted by Gasteiger charge is -2.09. The number of carbonyl (C=O) groups excluding carboxylic acids is 3. The van der Waals surface area contributed by atoms with Gasteiger partial charge in [0.1, 0.15) is 5.75 Å². The Morgan fingerprint density at radius 2 is 2.00 bits per heavy atom. The normalized spacial score (nSPS) is 10.3. The molecule has 0 aliphatic carbocycles. The largest absolute Gasteiger partial charge is 0.545 e. The molecule has 124 valence electrons. The highest BCUT2D eigenvalue weighted by molar-refractivity contribution is 6.35. The van der Waals surface area contributed by atoms with Gasteiger partial charge in [-0.25, -0.2) is 5.43 Å². The molecule has 1 aromatic rings. The number of aromatic carboxylic acids is 1. The Labute approximate surface area is 133 Å². The molecular weight excluding hydrogens is 302 g/mol. The standard InChI is InChI=1S/C15H19N3O5/c1-3-7-16-13(19)14(20)18-17-9-11-8-10(15(21)22)5-6-12(11)23-4-2/h5-6,8-9H,3-4,7H2,1-2H3,(H,16,19)(H,18,20)(H,21,22)/p-1/b17-9-. The number of ether oxygens (including phenoxy) is 1. The number of amides is 2. The highest BCUT2D eigenvalue weighted by Gasteiger charge is 2.11. The number of hydrogen-bond donors (Lipinski definition) is 2. The predicted molar refractivity (Wildman–Crippen MR) is 81.0 cm³/mol. The van der Waals surface area contributed by atoms with Gasteiger partial charge in [-0.15, -0.1) is 0 Å². The number of hydrogen-bond acceptors (Lipinski definition) is 6. The minimum atomic E-state index is -1.34. The van der Waals surface area contributed by atoms with Crippen LogP contribution in [0.4, 0.5) is 0 Å². The van der Waals surface area contributed by atoms with E-state index in [-0.39, 0.29) is 5.56 Å². The third-order valence-corrected chi connectivity index (χ3v) is 2.66. The number of hydrazone groups is 1. The molecule has 0 aliphatic rings. The maximum atomic E-state index is 11.5. The van der Waals surface area contributed by atoms with E-state index in [9.17, 15) is 19.5 Å². The first kappa shape index (κ1) is 18.1. The van der Waals surface area contributed by atoms with Crippen molar-refractivity contribution in [1.82, 2.24) is 10.7 Å². The van der Waals surface area contributed by atoms with Gasteiger partial charge in [0, 0.05) is 12.1 Å². The summed E-state index contributed by atoms with van der Waals surface area (Å²) in [6.07, 6.45) is 1.90. The second kappa shape index (κ2) is 9.19. The zero-order chi connectivity index (χ0) is 17.2. The first-order valence-corrected chi connectivity index (χ1v) is 7.09. The van der Waals surface area contributed by atoms with Crippen molar-refractivity contribution in [3.05, 3.63) is 29.3 Å². The van der Waals surface area contributed by atoms with E-state index in [1.165, 1.54) is 24.4 Å². The molecule has 0 fully saturated rings. The van der Waals surface area contributed by atoms with Crippen LogP contribution in [0.1, 0.15) is 36.2 Å². The van der Waals surface area contributed by atoms with Crippen LogP contribution in [0.25, 0.3) is 0 Å². The monoisotopic (exact) mass is 320 g/mol. The van der Waals surface area contributed by atoms with Gasteiger partial charge < -0.3 is 20.0 Å². The van der Waals surface area contributed by atoms with Crippen molar-refractivity contribution in [3.8, 4) is 5.75 Å². The highest BCUT2D eigenvalue weighted by atomic mass is 16.5. The Morgan fingerprint density at radius 1 is 1.26 bits per heavy atom. The van der Waals surface area contributed by atoms with Gasteiger partial charge >= 0.3 is 11.8 Å². The molecule has 0 aromatic heterocycles. The van der Waals surface area contributed by atoms with Gasteiger partial charge in [-0.3, -0.25) is 9.59 Å². The topological polar surface area (TPSA) is 120 Å². The van der Waals surface area contributed by atoms with E-state index in [4.69, 9.17) is 4.74 Å². The lowest BCUT2D eigenvalue weighted by atomic mass is 10.1. The smallest absolute Gasteiger partial charge is 0.329 e. The van der Waals surface area contributed by atoms with E-state index in [2.05, 4.69) is 15.8 Å². The van der Waals surface area contributed by atoms with Crippen LogP contribution in [-0.2, 0) is 9.59 Å². The van der Waals surface area contributed by atoms with Crippen LogP contribution in [0.15, 0.2) is 23.3 Å². The summed E-state index contributed by atoms with van der Waals surface area (Å²) >= 11 is 0. The third kappa shape index (κ3) is 5.77. The summed E-state index contributed by atoms with van der Waals surface area (Å²) in [5.74, 6) is -2.65. The van der Waals surface area contributed by atoms with Gasteiger partial charge in [0.25, 0.3) is 0 Å². The lowest BCUT2D eigenvalue weighted by molar-refractivity contribution is -0.255. The Kier molecular flexibility index (Phi) is 7.25. The summed E-state index contributed by atoms with van der Waals surface area (Å²) in [4.78, 5) is 33.7. The minimum Gasteiger partial charge on any atom is -0.545 e. The van der Waals surface area contributed by atoms with Crippen LogP contribution in [-0.4, -0.2) is 37.1 Å². The van der Waals surface area contributed by atoms with Crippen molar-refractivity contribution in [1.29, 1.82) is 0 Å². The van der Waals surface area contributed by atoms with Gasteiger partial charge in [-0.2, -0.15) is 5.10 Å². The fraction of sp³-hybridized carbons (Fsp3) is 0.333. The van der Waals surface area contributed by atoms with Crippen LogP contribution in [0.2, 0.25) is 0 Å². The predicted octanol–water partition coefficient (Wildman–Crippen LogP) is -0.575. The first-order valence-electron chi connectivity index (χ1n) is 7.09. The molecule has 0 unspecified atom stereocenters. The molecule has 0 atom stereocenters. The molecule has 0 spiro atoms. The van der Waals surface area contributed by atoms with E-state index >= 15 is 0 Å². The number of nitrogens with zero attached hydrogens (tertiary/aromatic N) is 1. The van der Waals surface area contributed by atoms with Crippen LogP contribution in [0.3, 0.4) is 0 Å². The molecule has 2 N–H and O–H groups in total. The van der Waals surface area contributed by atoms with Crippen molar-refractivity contribution in [2.24, 2.45) is 5.10 Å². The van der Waals surface area contributed by atoms with Crippen molar-refractivity contribution in [3.63, 3.8) is 0 Å². The molecule has 8 heteroatoms. The van der Waals surface area contributed by atoms with E-state index in [0.29, 0.717) is 30.9 Å². The third-order valence-electron chi connectivity index (χ3n) is 2.66. The molecule has 0 radical (unpaired) electrons. The highest BCUT2D eigenvalue weighted by Crippen LogP contribution is 2.18. The second-order valence-corrected chi connectivity index (χ2v) is 4.43. The fourth-order valence-corrected chi connectivity index (χ4v) is 1.59. The zero-order valence-electron chi connectivity index (χ0n) is 12.9. The van der Waals surface area contributed by atoms with Gasteiger partial charge in [0.15, 0.2) is 0 Å². The Hall–Kier alpha value is -2.90. The van der Waals surface area contributed by atoms with Crippen molar-refractivity contribution >= 4 is 24.0 Å². The van der Waals surface area contributed by atoms with Crippen LogP contribution >= 0.6 is 0 Å². The molecule has 0 bridgehead atoms. The van der Waals surface area contributed by atoms with E-state index in [1.54, 1.807) is 6.92 Å². The Balaban J connectivity index is 2.81. The lowest BCUT2D eigenvalue weighted by Crippen LogP contribution is -2.38. The molecule has 0 saturated heterocycles. The van der Waals surface area contributed by atoms with Crippen LogP contribution in [0.5, 0.6) is 5.75 Å². The molecule has 1 rings (SSSR count). The summed E-state index contributed by atoms with van der Waals surface area (Å²) in [5.41, 5.74) is 2.34. The first-order chi connectivity index (χ1) is 11.0. The van der Waals surface area contributed by atoms with Gasteiger partial charge in [-0.05, 0) is 37.1 Å².